The van der Waals surface area contributed by atoms with Crippen molar-refractivity contribution < 1.29 is 4.74 Å². The van der Waals surface area contributed by atoms with Crippen molar-refractivity contribution in [1.82, 2.24) is 4.98 Å². The molecule has 0 saturated heterocycles. The fraction of sp³-hybridized carbons (Fsp3) is 0.385. The van der Waals surface area contributed by atoms with E-state index in [9.17, 15) is 0 Å². The molecule has 0 aliphatic heterocycles. The van der Waals surface area contributed by atoms with Crippen molar-refractivity contribution in [3.63, 3.8) is 0 Å². The molecule has 0 aliphatic rings. The van der Waals surface area contributed by atoms with E-state index in [0.29, 0.717) is 0 Å². The van der Waals surface area contributed by atoms with Gasteiger partial charge in [0.25, 0.3) is 0 Å². The molecular weight excluding hydrogens is 186 g/mol. The van der Waals surface area contributed by atoms with Crippen LogP contribution in [0.1, 0.15) is 24.6 Å². The summed E-state index contributed by atoms with van der Waals surface area (Å²) < 4.78 is 5.25. The molecule has 0 spiro atoms. The van der Waals surface area contributed by atoms with Gasteiger partial charge in [-0.2, -0.15) is 0 Å². The highest BCUT2D eigenvalue weighted by molar-refractivity contribution is 5.86. The lowest BCUT2D eigenvalue weighted by atomic mass is 10.1. The second-order valence-electron chi connectivity index (χ2n) is 3.89. The third kappa shape index (κ3) is 1.72. The molecular formula is C13H17NO. The number of rotatable bonds is 3. The van der Waals surface area contributed by atoms with Crippen LogP contribution in [0.15, 0.2) is 18.2 Å². The summed E-state index contributed by atoms with van der Waals surface area (Å²) in [4.78, 5) is 3.41. The number of methoxy groups -OCH3 is 1. The average Bonchev–Trinajstić information content (AvgIpc) is 2.55. The van der Waals surface area contributed by atoms with Gasteiger partial charge in [0.1, 0.15) is 5.75 Å². The average molecular weight is 203 g/mol. The van der Waals surface area contributed by atoms with E-state index in [1.807, 2.05) is 6.07 Å². The molecule has 0 radical (unpaired) electrons. The Bertz CT molecular complexity index is 471. The topological polar surface area (TPSA) is 25.0 Å². The second-order valence-corrected chi connectivity index (χ2v) is 3.89. The molecule has 1 aromatic carbocycles. The third-order valence-electron chi connectivity index (χ3n) is 2.83. The standard InChI is InChI=1S/C13H17NO/c1-4-5-11-9(2)14-13-7-6-10(15-3)8-12(11)13/h6-8,14H,4-5H2,1-3H3. The van der Waals surface area contributed by atoms with E-state index in [4.69, 9.17) is 4.74 Å². The maximum Gasteiger partial charge on any atom is 0.119 e. The molecule has 80 valence electrons. The highest BCUT2D eigenvalue weighted by atomic mass is 16.5. The third-order valence-corrected chi connectivity index (χ3v) is 2.83. The van der Waals surface area contributed by atoms with Crippen LogP contribution in [0, 0.1) is 6.92 Å². The van der Waals surface area contributed by atoms with Crippen LogP contribution in [0.25, 0.3) is 10.9 Å². The van der Waals surface area contributed by atoms with Crippen molar-refractivity contribution in [2.24, 2.45) is 0 Å². The van der Waals surface area contributed by atoms with Gasteiger partial charge in [0.15, 0.2) is 0 Å². The van der Waals surface area contributed by atoms with Crippen LogP contribution in [0.4, 0.5) is 0 Å². The minimum absolute atomic E-state index is 0.929. The molecule has 1 heterocycles. The summed E-state index contributed by atoms with van der Waals surface area (Å²) >= 11 is 0. The van der Waals surface area contributed by atoms with Crippen molar-refractivity contribution in [1.29, 1.82) is 0 Å². The largest absolute Gasteiger partial charge is 0.497 e. The number of ether oxygens (including phenoxy) is 1. The van der Waals surface area contributed by atoms with Gasteiger partial charge in [-0.25, -0.2) is 0 Å². The molecule has 0 saturated carbocycles. The molecule has 2 aromatic rings. The number of hydrogen-bond acceptors (Lipinski definition) is 1. The lowest BCUT2D eigenvalue weighted by molar-refractivity contribution is 0.415. The summed E-state index contributed by atoms with van der Waals surface area (Å²) in [6, 6.07) is 6.19. The minimum Gasteiger partial charge on any atom is -0.497 e. The SMILES string of the molecule is CCCc1c(C)[nH]c2ccc(OC)cc12. The Morgan fingerprint density at radius 1 is 1.33 bits per heavy atom. The van der Waals surface area contributed by atoms with E-state index >= 15 is 0 Å². The first-order valence-electron chi connectivity index (χ1n) is 5.41. The Labute approximate surface area is 90.3 Å². The van der Waals surface area contributed by atoms with Gasteiger partial charge in [-0.05, 0) is 37.1 Å². The molecule has 1 aromatic heterocycles. The van der Waals surface area contributed by atoms with E-state index in [1.54, 1.807) is 7.11 Å². The van der Waals surface area contributed by atoms with Crippen LogP contribution in [0.3, 0.4) is 0 Å². The Kier molecular flexibility index (Phi) is 2.67. The number of aromatic amines is 1. The van der Waals surface area contributed by atoms with E-state index in [1.165, 1.54) is 28.6 Å². The maximum absolute atomic E-state index is 5.25. The molecule has 0 aliphatic carbocycles. The van der Waals surface area contributed by atoms with Gasteiger partial charge in [0.05, 0.1) is 7.11 Å². The zero-order valence-corrected chi connectivity index (χ0v) is 9.55. The van der Waals surface area contributed by atoms with Gasteiger partial charge in [0, 0.05) is 16.6 Å². The van der Waals surface area contributed by atoms with Gasteiger partial charge in [-0.1, -0.05) is 13.3 Å². The van der Waals surface area contributed by atoms with Crippen molar-refractivity contribution in [2.75, 3.05) is 7.11 Å². The summed E-state index contributed by atoms with van der Waals surface area (Å²) in [6.45, 7) is 4.34. The second kappa shape index (κ2) is 3.97. The first-order valence-corrected chi connectivity index (χ1v) is 5.41. The van der Waals surface area contributed by atoms with Crippen LogP contribution in [-0.4, -0.2) is 12.1 Å². The predicted octanol–water partition coefficient (Wildman–Crippen LogP) is 3.44. The van der Waals surface area contributed by atoms with Crippen molar-refractivity contribution in [3.8, 4) is 5.75 Å². The van der Waals surface area contributed by atoms with E-state index in [2.05, 4.69) is 31.0 Å². The normalized spacial score (nSPS) is 10.9. The fourth-order valence-corrected chi connectivity index (χ4v) is 2.06. The Hall–Kier alpha value is -1.44. The summed E-state index contributed by atoms with van der Waals surface area (Å²) in [6.07, 6.45) is 2.30. The maximum atomic E-state index is 5.25. The molecule has 0 atom stereocenters. The molecule has 2 nitrogen and oxygen atoms in total. The Balaban J connectivity index is 2.61. The molecule has 2 heteroatoms. The number of benzene rings is 1. The van der Waals surface area contributed by atoms with Gasteiger partial charge < -0.3 is 9.72 Å². The van der Waals surface area contributed by atoms with E-state index in [0.717, 1.165) is 12.2 Å². The van der Waals surface area contributed by atoms with Gasteiger partial charge >= 0.3 is 0 Å². The molecule has 0 bridgehead atoms. The monoisotopic (exact) mass is 203 g/mol. The molecule has 2 rings (SSSR count). The van der Waals surface area contributed by atoms with Crippen molar-refractivity contribution in [2.45, 2.75) is 26.7 Å². The van der Waals surface area contributed by atoms with Crippen LogP contribution >= 0.6 is 0 Å². The van der Waals surface area contributed by atoms with Crippen LogP contribution in [0.2, 0.25) is 0 Å². The Morgan fingerprint density at radius 2 is 2.13 bits per heavy atom. The number of aryl methyl sites for hydroxylation is 2. The summed E-state index contributed by atoms with van der Waals surface area (Å²) in [5.74, 6) is 0.929. The van der Waals surface area contributed by atoms with Crippen LogP contribution in [-0.2, 0) is 6.42 Å². The number of aromatic nitrogens is 1. The van der Waals surface area contributed by atoms with Crippen LogP contribution < -0.4 is 4.74 Å². The fourth-order valence-electron chi connectivity index (χ4n) is 2.06. The lowest BCUT2D eigenvalue weighted by Crippen LogP contribution is -1.85. The zero-order valence-electron chi connectivity index (χ0n) is 9.55. The molecule has 0 unspecified atom stereocenters. The van der Waals surface area contributed by atoms with Gasteiger partial charge in [-0.15, -0.1) is 0 Å². The first kappa shape index (κ1) is 10.1. The first-order chi connectivity index (χ1) is 7.26. The molecule has 0 fully saturated rings. The van der Waals surface area contributed by atoms with Gasteiger partial charge in [-0.3, -0.25) is 0 Å². The highest BCUT2D eigenvalue weighted by Gasteiger charge is 2.07. The smallest absolute Gasteiger partial charge is 0.119 e. The predicted molar refractivity (Wildman–Crippen MR) is 63.6 cm³/mol. The van der Waals surface area contributed by atoms with E-state index < -0.39 is 0 Å². The van der Waals surface area contributed by atoms with Crippen molar-refractivity contribution >= 4 is 10.9 Å². The van der Waals surface area contributed by atoms with E-state index in [-0.39, 0.29) is 0 Å². The molecule has 0 amide bonds. The molecule has 1 N–H and O–H groups in total. The number of hydrogen-bond donors (Lipinski definition) is 1. The zero-order chi connectivity index (χ0) is 10.8. The van der Waals surface area contributed by atoms with Crippen LogP contribution in [0.5, 0.6) is 5.75 Å². The number of H-pyrrole nitrogens is 1. The number of fused-ring (bicyclic) bond motifs is 1. The number of nitrogens with one attached hydrogen (secondary N) is 1. The van der Waals surface area contributed by atoms with Gasteiger partial charge in [0.2, 0.25) is 0 Å². The quantitative estimate of drug-likeness (QED) is 0.812. The molecule has 15 heavy (non-hydrogen) atoms. The minimum atomic E-state index is 0.929. The summed E-state index contributed by atoms with van der Waals surface area (Å²) in [7, 11) is 1.71. The lowest BCUT2D eigenvalue weighted by Gasteiger charge is -2.01. The Morgan fingerprint density at radius 3 is 2.80 bits per heavy atom. The summed E-state index contributed by atoms with van der Waals surface area (Å²) in [5, 5.41) is 1.30. The summed E-state index contributed by atoms with van der Waals surface area (Å²) in [5.41, 5.74) is 3.91. The highest BCUT2D eigenvalue weighted by Crippen LogP contribution is 2.27. The van der Waals surface area contributed by atoms with Crippen molar-refractivity contribution in [3.05, 3.63) is 29.5 Å².